The first-order chi connectivity index (χ1) is 8.88. The average molecular weight is 317 g/mol. The van der Waals surface area contributed by atoms with E-state index in [1.807, 2.05) is 19.1 Å². The first kappa shape index (κ1) is 14.5. The van der Waals surface area contributed by atoms with E-state index in [0.29, 0.717) is 10.0 Å². The molecular formula is C12H13ClN2O2S2. The van der Waals surface area contributed by atoms with Gasteiger partial charge in [-0.3, -0.25) is 4.98 Å². The van der Waals surface area contributed by atoms with Crippen molar-refractivity contribution < 1.29 is 8.42 Å². The van der Waals surface area contributed by atoms with Gasteiger partial charge in [0.2, 0.25) is 10.0 Å². The molecule has 0 fully saturated rings. The number of rotatable bonds is 4. The zero-order chi connectivity index (χ0) is 14.0. The molecule has 0 atom stereocenters. The van der Waals surface area contributed by atoms with Gasteiger partial charge in [0.1, 0.15) is 4.21 Å². The Balaban J connectivity index is 2.14. The lowest BCUT2D eigenvalue weighted by Gasteiger charge is -2.04. The maximum absolute atomic E-state index is 12.1. The summed E-state index contributed by atoms with van der Waals surface area (Å²) in [6.45, 7) is 3.80. The molecule has 0 unspecified atom stereocenters. The molecule has 0 aliphatic carbocycles. The second-order valence-corrected chi connectivity index (χ2v) is 7.77. The van der Waals surface area contributed by atoms with E-state index in [1.54, 1.807) is 19.1 Å². The Morgan fingerprint density at radius 2 is 2.11 bits per heavy atom. The number of sulfonamides is 1. The van der Waals surface area contributed by atoms with Gasteiger partial charge in [0, 0.05) is 5.69 Å². The fraction of sp³-hybridized carbons (Fsp3) is 0.250. The predicted molar refractivity (Wildman–Crippen MR) is 77.1 cm³/mol. The van der Waals surface area contributed by atoms with Crippen molar-refractivity contribution in [2.24, 2.45) is 0 Å². The van der Waals surface area contributed by atoms with E-state index in [1.165, 1.54) is 0 Å². The van der Waals surface area contributed by atoms with Crippen molar-refractivity contribution in [3.8, 4) is 0 Å². The number of nitrogens with one attached hydrogen (secondary N) is 1. The molecule has 2 heterocycles. The summed E-state index contributed by atoms with van der Waals surface area (Å²) in [7, 11) is -3.53. The van der Waals surface area contributed by atoms with Crippen LogP contribution < -0.4 is 4.72 Å². The van der Waals surface area contributed by atoms with Crippen molar-refractivity contribution in [2.45, 2.75) is 24.6 Å². The van der Waals surface area contributed by atoms with Crippen LogP contribution >= 0.6 is 22.9 Å². The van der Waals surface area contributed by atoms with E-state index < -0.39 is 10.0 Å². The van der Waals surface area contributed by atoms with E-state index in [4.69, 9.17) is 11.6 Å². The summed E-state index contributed by atoms with van der Waals surface area (Å²) < 4.78 is 27.4. The summed E-state index contributed by atoms with van der Waals surface area (Å²) in [6, 6.07) is 7.06. The molecule has 19 heavy (non-hydrogen) atoms. The Labute approximate surface area is 121 Å². The molecule has 0 amide bonds. The summed E-state index contributed by atoms with van der Waals surface area (Å²) in [4.78, 5) is 4.24. The molecule has 0 aromatic carbocycles. The lowest BCUT2D eigenvalue weighted by Crippen LogP contribution is -2.23. The normalized spacial score (nSPS) is 11.7. The topological polar surface area (TPSA) is 59.1 Å². The molecule has 0 aliphatic rings. The number of halogens is 1. The highest BCUT2D eigenvalue weighted by Crippen LogP contribution is 2.29. The summed E-state index contributed by atoms with van der Waals surface area (Å²) in [5.74, 6) is 0. The van der Waals surface area contributed by atoms with Crippen molar-refractivity contribution in [3.63, 3.8) is 0 Å². The van der Waals surface area contributed by atoms with Crippen LogP contribution in [0.3, 0.4) is 0 Å². The smallest absolute Gasteiger partial charge is 0.250 e. The Morgan fingerprint density at radius 3 is 2.68 bits per heavy atom. The van der Waals surface area contributed by atoms with Crippen LogP contribution in [0.5, 0.6) is 0 Å². The number of nitrogens with zero attached hydrogens (tertiary/aromatic N) is 1. The third-order valence-corrected chi connectivity index (χ3v) is 5.92. The minimum atomic E-state index is -3.53. The molecule has 102 valence electrons. The van der Waals surface area contributed by atoms with E-state index >= 15 is 0 Å². The van der Waals surface area contributed by atoms with Crippen LogP contribution in [0.25, 0.3) is 0 Å². The van der Waals surface area contributed by atoms with Gasteiger partial charge in [-0.25, -0.2) is 13.1 Å². The standard InChI is InChI=1S/C12H13ClN2O2S2/c1-8-6-11(18-12(8)13)19(16,17)14-7-10-5-3-4-9(2)15-10/h3-6,14H,7H2,1-2H3. The largest absolute Gasteiger partial charge is 0.257 e. The molecule has 0 aliphatic heterocycles. The highest BCUT2D eigenvalue weighted by molar-refractivity contribution is 7.91. The average Bonchev–Trinajstić information content (AvgIpc) is 2.68. The van der Waals surface area contributed by atoms with Gasteiger partial charge in [-0.2, -0.15) is 0 Å². The SMILES string of the molecule is Cc1cccc(CNS(=O)(=O)c2cc(C)c(Cl)s2)n1. The minimum absolute atomic E-state index is 0.165. The van der Waals surface area contributed by atoms with Crippen LogP contribution in [0, 0.1) is 13.8 Å². The monoisotopic (exact) mass is 316 g/mol. The van der Waals surface area contributed by atoms with Gasteiger partial charge >= 0.3 is 0 Å². The first-order valence-electron chi connectivity index (χ1n) is 5.56. The second-order valence-electron chi connectivity index (χ2n) is 4.12. The van der Waals surface area contributed by atoms with Crippen LogP contribution in [0.2, 0.25) is 4.34 Å². The fourth-order valence-corrected chi connectivity index (χ4v) is 4.25. The quantitative estimate of drug-likeness (QED) is 0.943. The molecule has 2 aromatic rings. The van der Waals surface area contributed by atoms with Crippen LogP contribution in [-0.4, -0.2) is 13.4 Å². The zero-order valence-electron chi connectivity index (χ0n) is 10.5. The number of thiophene rings is 1. The number of hydrogen-bond acceptors (Lipinski definition) is 4. The molecule has 7 heteroatoms. The lowest BCUT2D eigenvalue weighted by atomic mass is 10.3. The summed E-state index contributed by atoms with van der Waals surface area (Å²) in [6.07, 6.45) is 0. The number of pyridine rings is 1. The van der Waals surface area contributed by atoms with E-state index in [-0.39, 0.29) is 10.8 Å². The molecule has 0 bridgehead atoms. The number of aryl methyl sites for hydroxylation is 2. The highest BCUT2D eigenvalue weighted by Gasteiger charge is 2.18. The summed E-state index contributed by atoms with van der Waals surface area (Å²) in [5, 5.41) is 0. The third-order valence-electron chi connectivity index (χ3n) is 2.49. The fourth-order valence-electron chi connectivity index (χ4n) is 1.50. The molecule has 2 rings (SSSR count). The molecule has 0 saturated carbocycles. The molecule has 0 radical (unpaired) electrons. The molecule has 0 saturated heterocycles. The predicted octanol–water partition coefficient (Wildman–Crippen LogP) is 2.89. The van der Waals surface area contributed by atoms with E-state index in [2.05, 4.69) is 9.71 Å². The van der Waals surface area contributed by atoms with E-state index in [0.717, 1.165) is 22.6 Å². The highest BCUT2D eigenvalue weighted by atomic mass is 35.5. The summed E-state index contributed by atoms with van der Waals surface area (Å²) in [5.41, 5.74) is 2.30. The Morgan fingerprint density at radius 1 is 1.37 bits per heavy atom. The lowest BCUT2D eigenvalue weighted by molar-refractivity contribution is 0.582. The molecule has 2 aromatic heterocycles. The van der Waals surface area contributed by atoms with Gasteiger partial charge < -0.3 is 0 Å². The Hall–Kier alpha value is -0.950. The van der Waals surface area contributed by atoms with Crippen molar-refractivity contribution in [2.75, 3.05) is 0 Å². The zero-order valence-corrected chi connectivity index (χ0v) is 12.9. The van der Waals surface area contributed by atoms with Crippen molar-refractivity contribution in [3.05, 3.63) is 45.6 Å². The van der Waals surface area contributed by atoms with Gasteiger partial charge in [-0.1, -0.05) is 17.7 Å². The van der Waals surface area contributed by atoms with Gasteiger partial charge in [-0.15, -0.1) is 11.3 Å². The van der Waals surface area contributed by atoms with Crippen molar-refractivity contribution in [1.82, 2.24) is 9.71 Å². The molecule has 1 N–H and O–H groups in total. The Kier molecular flexibility index (Phi) is 4.25. The van der Waals surface area contributed by atoms with Gasteiger partial charge in [0.05, 0.1) is 16.6 Å². The molecule has 4 nitrogen and oxygen atoms in total. The first-order valence-corrected chi connectivity index (χ1v) is 8.24. The summed E-state index contributed by atoms with van der Waals surface area (Å²) >= 11 is 6.94. The van der Waals surface area contributed by atoms with Crippen LogP contribution in [-0.2, 0) is 16.6 Å². The number of aromatic nitrogens is 1. The van der Waals surface area contributed by atoms with Crippen molar-refractivity contribution >= 4 is 33.0 Å². The van der Waals surface area contributed by atoms with Gasteiger partial charge in [0.25, 0.3) is 0 Å². The maximum Gasteiger partial charge on any atom is 0.250 e. The maximum atomic E-state index is 12.1. The van der Waals surface area contributed by atoms with Crippen LogP contribution in [0.4, 0.5) is 0 Å². The van der Waals surface area contributed by atoms with Crippen LogP contribution in [0.1, 0.15) is 17.0 Å². The van der Waals surface area contributed by atoms with Crippen molar-refractivity contribution in [1.29, 1.82) is 0 Å². The Bertz CT molecular complexity index is 676. The van der Waals surface area contributed by atoms with Gasteiger partial charge in [-0.05, 0) is 37.6 Å². The molecule has 0 spiro atoms. The molecular weight excluding hydrogens is 304 g/mol. The van der Waals surface area contributed by atoms with Crippen LogP contribution in [0.15, 0.2) is 28.5 Å². The minimum Gasteiger partial charge on any atom is -0.257 e. The second kappa shape index (κ2) is 5.58. The van der Waals surface area contributed by atoms with Gasteiger partial charge in [0.15, 0.2) is 0 Å². The third kappa shape index (κ3) is 3.54. The van der Waals surface area contributed by atoms with E-state index in [9.17, 15) is 8.42 Å². The number of hydrogen-bond donors (Lipinski definition) is 1.